The van der Waals surface area contributed by atoms with Gasteiger partial charge in [0.25, 0.3) is 0 Å². The number of rotatable bonds is 27. The van der Waals surface area contributed by atoms with Gasteiger partial charge in [0.15, 0.2) is 12.4 Å². The van der Waals surface area contributed by atoms with Gasteiger partial charge < -0.3 is 39.4 Å². The molecule has 1 saturated heterocycles. The quantitative estimate of drug-likeness (QED) is 0.0518. The molecule has 0 saturated carbocycles. The van der Waals surface area contributed by atoms with E-state index in [1.54, 1.807) is 0 Å². The van der Waals surface area contributed by atoms with Crippen LogP contribution in [0, 0.1) is 0 Å². The first-order chi connectivity index (χ1) is 21.8. The molecule has 1 aliphatic rings. The van der Waals surface area contributed by atoms with E-state index in [0.717, 1.165) is 70.6 Å². The zero-order valence-electron chi connectivity index (χ0n) is 27.9. The fourth-order valence-corrected chi connectivity index (χ4v) is 4.98. The maximum Gasteiger partial charge on any atom is 0.306 e. The van der Waals surface area contributed by atoms with Crippen molar-refractivity contribution in [2.24, 2.45) is 0 Å². The number of aliphatic hydroxyl groups is 4. The average molecular weight is 643 g/mol. The topological polar surface area (TPSA) is 152 Å². The van der Waals surface area contributed by atoms with Crippen LogP contribution in [-0.2, 0) is 28.5 Å². The summed E-state index contributed by atoms with van der Waals surface area (Å²) in [5.74, 6) is -0.840. The van der Waals surface area contributed by atoms with Crippen LogP contribution in [0.25, 0.3) is 0 Å². The van der Waals surface area contributed by atoms with E-state index in [2.05, 4.69) is 38.2 Å². The molecule has 0 aromatic rings. The Morgan fingerprint density at radius 1 is 0.689 bits per heavy atom. The highest BCUT2D eigenvalue weighted by Gasteiger charge is 2.44. The zero-order chi connectivity index (χ0) is 33.1. The number of hydrogen-bond donors (Lipinski definition) is 4. The van der Waals surface area contributed by atoms with Crippen molar-refractivity contribution in [1.29, 1.82) is 0 Å². The first-order valence-corrected chi connectivity index (χ1v) is 17.4. The summed E-state index contributed by atoms with van der Waals surface area (Å²) in [4.78, 5) is 24.8. The predicted octanol–water partition coefficient (Wildman–Crippen LogP) is 5.43. The van der Waals surface area contributed by atoms with Gasteiger partial charge in [-0.3, -0.25) is 9.59 Å². The maximum absolute atomic E-state index is 12.6. The molecule has 1 rings (SSSR count). The van der Waals surface area contributed by atoms with Gasteiger partial charge in [-0.1, -0.05) is 95.9 Å². The van der Waals surface area contributed by atoms with Crippen molar-refractivity contribution >= 4 is 11.9 Å². The number of carbonyl (C=O) groups excluding carboxylic acids is 2. The van der Waals surface area contributed by atoms with Crippen LogP contribution in [-0.4, -0.2) is 89.0 Å². The first-order valence-electron chi connectivity index (χ1n) is 17.4. The Kier molecular flexibility index (Phi) is 25.0. The summed E-state index contributed by atoms with van der Waals surface area (Å²) < 4.78 is 21.8. The molecule has 0 bridgehead atoms. The molecule has 0 aromatic heterocycles. The monoisotopic (exact) mass is 642 g/mol. The Morgan fingerprint density at radius 2 is 1.24 bits per heavy atom. The van der Waals surface area contributed by atoms with Crippen LogP contribution in [0.4, 0.5) is 0 Å². The summed E-state index contributed by atoms with van der Waals surface area (Å²) >= 11 is 0. The Labute approximate surface area is 271 Å². The molecule has 1 aliphatic heterocycles. The molecular formula is C35H62O10. The molecule has 0 amide bonds. The lowest BCUT2D eigenvalue weighted by Crippen LogP contribution is -2.59. The second-order valence-electron chi connectivity index (χ2n) is 12.0. The molecule has 262 valence electrons. The summed E-state index contributed by atoms with van der Waals surface area (Å²) in [5, 5.41) is 39.7. The highest BCUT2D eigenvalue weighted by molar-refractivity contribution is 5.70. The lowest BCUT2D eigenvalue weighted by molar-refractivity contribution is -0.305. The molecule has 1 heterocycles. The van der Waals surface area contributed by atoms with E-state index in [1.807, 2.05) is 0 Å². The van der Waals surface area contributed by atoms with Crippen LogP contribution in [0.5, 0.6) is 0 Å². The van der Waals surface area contributed by atoms with Crippen molar-refractivity contribution in [3.05, 3.63) is 24.3 Å². The van der Waals surface area contributed by atoms with E-state index >= 15 is 0 Å². The Balaban J connectivity index is 2.40. The van der Waals surface area contributed by atoms with E-state index in [1.165, 1.54) is 25.7 Å². The standard InChI is InChI=1S/C35H62O10/c1-3-5-7-9-10-11-12-13-14-15-16-17-18-20-22-24-31(38)44-28(26-42-30(37)23-21-19-8-6-4-2)27-43-35-34(41)33(40)32(39)29(25-36)45-35/h10-11,13-14,28-29,32-36,39-41H,3-9,12,15-27H2,1-2H3/b11-10+,14-13+/t28?,29-,32+,33+,34-,35-/m1/s1. The van der Waals surface area contributed by atoms with Crippen molar-refractivity contribution in [3.8, 4) is 0 Å². The molecular weight excluding hydrogens is 580 g/mol. The van der Waals surface area contributed by atoms with Gasteiger partial charge in [-0.15, -0.1) is 0 Å². The van der Waals surface area contributed by atoms with Gasteiger partial charge in [0.1, 0.15) is 31.0 Å². The number of allylic oxidation sites excluding steroid dienone is 4. The van der Waals surface area contributed by atoms with Crippen molar-refractivity contribution in [2.75, 3.05) is 19.8 Å². The summed E-state index contributed by atoms with van der Waals surface area (Å²) in [6.07, 6.45) is 18.1. The highest BCUT2D eigenvalue weighted by Crippen LogP contribution is 2.22. The third-order valence-corrected chi connectivity index (χ3v) is 7.84. The molecule has 0 spiro atoms. The number of carbonyl (C=O) groups is 2. The number of esters is 2. The molecule has 0 aliphatic carbocycles. The third-order valence-electron chi connectivity index (χ3n) is 7.84. The van der Waals surface area contributed by atoms with Crippen molar-refractivity contribution in [3.63, 3.8) is 0 Å². The maximum atomic E-state index is 12.6. The van der Waals surface area contributed by atoms with Gasteiger partial charge in [-0.2, -0.15) is 0 Å². The number of hydrogen-bond acceptors (Lipinski definition) is 10. The van der Waals surface area contributed by atoms with E-state index in [0.29, 0.717) is 6.42 Å². The lowest BCUT2D eigenvalue weighted by atomic mass is 9.99. The second kappa shape index (κ2) is 27.3. The number of ether oxygens (including phenoxy) is 4. The SMILES string of the molecule is CCCCC/C=C/C/C=C/CCCCCCCC(=O)OC(COC(=O)CCCCCCC)CO[C@@H]1O[C@H](CO)[C@H](O)[C@H](O)[C@H]1O. The first kappa shape index (κ1) is 41.2. The second-order valence-corrected chi connectivity index (χ2v) is 12.0. The van der Waals surface area contributed by atoms with Crippen molar-refractivity contribution in [2.45, 2.75) is 166 Å². The normalized spacial score (nSPS) is 22.7. The van der Waals surface area contributed by atoms with Crippen LogP contribution < -0.4 is 0 Å². The van der Waals surface area contributed by atoms with Crippen LogP contribution in [0.2, 0.25) is 0 Å². The zero-order valence-corrected chi connectivity index (χ0v) is 27.9. The number of unbranched alkanes of at least 4 members (excludes halogenated alkanes) is 12. The fraction of sp³-hybridized carbons (Fsp3) is 0.829. The molecule has 45 heavy (non-hydrogen) atoms. The van der Waals surface area contributed by atoms with E-state index in [9.17, 15) is 30.0 Å². The molecule has 1 fully saturated rings. The van der Waals surface area contributed by atoms with Crippen LogP contribution in [0.15, 0.2) is 24.3 Å². The van der Waals surface area contributed by atoms with Crippen LogP contribution >= 0.6 is 0 Å². The minimum atomic E-state index is -1.59. The minimum Gasteiger partial charge on any atom is -0.462 e. The Hall–Kier alpha value is -1.82. The summed E-state index contributed by atoms with van der Waals surface area (Å²) in [6, 6.07) is 0. The molecule has 6 atom stereocenters. The van der Waals surface area contributed by atoms with E-state index in [-0.39, 0.29) is 26.1 Å². The molecule has 1 unspecified atom stereocenters. The van der Waals surface area contributed by atoms with Crippen LogP contribution in [0.3, 0.4) is 0 Å². The van der Waals surface area contributed by atoms with Gasteiger partial charge in [0, 0.05) is 12.8 Å². The highest BCUT2D eigenvalue weighted by atomic mass is 16.7. The average Bonchev–Trinajstić information content (AvgIpc) is 3.03. The molecule has 10 heteroatoms. The van der Waals surface area contributed by atoms with Gasteiger partial charge in [0.05, 0.1) is 13.2 Å². The molecule has 10 nitrogen and oxygen atoms in total. The van der Waals surface area contributed by atoms with Gasteiger partial charge >= 0.3 is 11.9 Å². The largest absolute Gasteiger partial charge is 0.462 e. The van der Waals surface area contributed by atoms with Gasteiger partial charge in [0.2, 0.25) is 0 Å². The molecule has 0 radical (unpaired) electrons. The smallest absolute Gasteiger partial charge is 0.306 e. The van der Waals surface area contributed by atoms with Gasteiger partial charge in [-0.25, -0.2) is 0 Å². The number of aliphatic hydroxyl groups excluding tert-OH is 4. The Bertz CT molecular complexity index is 799. The van der Waals surface area contributed by atoms with E-state index in [4.69, 9.17) is 18.9 Å². The fourth-order valence-electron chi connectivity index (χ4n) is 4.98. The minimum absolute atomic E-state index is 0.215. The van der Waals surface area contributed by atoms with Crippen molar-refractivity contribution in [1.82, 2.24) is 0 Å². The third kappa shape index (κ3) is 20.1. The predicted molar refractivity (Wildman–Crippen MR) is 173 cm³/mol. The summed E-state index contributed by atoms with van der Waals surface area (Å²) in [7, 11) is 0. The molecule has 4 N–H and O–H groups in total. The molecule has 0 aromatic carbocycles. The van der Waals surface area contributed by atoms with E-state index < -0.39 is 55.4 Å². The van der Waals surface area contributed by atoms with Crippen LogP contribution in [0.1, 0.15) is 129 Å². The Morgan fingerprint density at radius 3 is 1.89 bits per heavy atom. The van der Waals surface area contributed by atoms with Gasteiger partial charge in [-0.05, 0) is 44.9 Å². The lowest BCUT2D eigenvalue weighted by Gasteiger charge is -2.39. The van der Waals surface area contributed by atoms with Crippen molar-refractivity contribution < 1.29 is 49.0 Å². The summed E-state index contributed by atoms with van der Waals surface area (Å²) in [6.45, 7) is 3.25. The summed E-state index contributed by atoms with van der Waals surface area (Å²) in [5.41, 5.74) is 0.